The third-order valence-corrected chi connectivity index (χ3v) is 4.45. The first-order chi connectivity index (χ1) is 12.0. The van der Waals surface area contributed by atoms with E-state index in [1.807, 2.05) is 25.1 Å². The van der Waals surface area contributed by atoms with Crippen molar-refractivity contribution in [1.29, 1.82) is 0 Å². The van der Waals surface area contributed by atoms with E-state index >= 15 is 0 Å². The number of anilines is 1. The summed E-state index contributed by atoms with van der Waals surface area (Å²) in [7, 11) is 1.75. The Balaban J connectivity index is 1.77. The van der Waals surface area contributed by atoms with Gasteiger partial charge in [-0.05, 0) is 48.4 Å². The van der Waals surface area contributed by atoms with Crippen LogP contribution in [0.4, 0.5) is 10.1 Å². The maximum Gasteiger partial charge on any atom is 0.253 e. The zero-order valence-electron chi connectivity index (χ0n) is 14.8. The lowest BCUT2D eigenvalue weighted by molar-refractivity contribution is 0.0785. The van der Waals surface area contributed by atoms with Gasteiger partial charge in [0.2, 0.25) is 0 Å². The maximum absolute atomic E-state index is 13.3. The standard InChI is InChI=1S/C20H24FN3O/c1-15-10-17(13-19(11-15)24-8-6-22-7-9-24)20(25)23(2)14-16-4-3-5-18(21)12-16/h3-5,10-13,22H,6-9,14H2,1-2H3. The molecule has 0 aromatic heterocycles. The van der Waals surface area contributed by atoms with Crippen LogP contribution in [0.3, 0.4) is 0 Å². The van der Waals surface area contributed by atoms with Gasteiger partial charge in [-0.3, -0.25) is 4.79 Å². The van der Waals surface area contributed by atoms with Crippen molar-refractivity contribution in [1.82, 2.24) is 10.2 Å². The van der Waals surface area contributed by atoms with Crippen molar-refractivity contribution in [2.75, 3.05) is 38.1 Å². The van der Waals surface area contributed by atoms with E-state index in [4.69, 9.17) is 0 Å². The van der Waals surface area contributed by atoms with Gasteiger partial charge in [-0.2, -0.15) is 0 Å². The van der Waals surface area contributed by atoms with Crippen LogP contribution in [0.5, 0.6) is 0 Å². The lowest BCUT2D eigenvalue weighted by atomic mass is 10.1. The molecule has 0 unspecified atom stereocenters. The molecule has 1 fully saturated rings. The first kappa shape index (κ1) is 17.4. The molecule has 132 valence electrons. The molecule has 0 saturated carbocycles. The molecule has 1 N–H and O–H groups in total. The Morgan fingerprint density at radius 3 is 2.68 bits per heavy atom. The van der Waals surface area contributed by atoms with E-state index in [-0.39, 0.29) is 11.7 Å². The van der Waals surface area contributed by atoms with Crippen LogP contribution in [-0.2, 0) is 6.54 Å². The molecular weight excluding hydrogens is 317 g/mol. The van der Waals surface area contributed by atoms with Crippen LogP contribution < -0.4 is 10.2 Å². The van der Waals surface area contributed by atoms with Crippen molar-refractivity contribution in [3.63, 3.8) is 0 Å². The summed E-state index contributed by atoms with van der Waals surface area (Å²) in [5.41, 5.74) is 3.61. The van der Waals surface area contributed by atoms with Crippen LogP contribution in [0.25, 0.3) is 0 Å². The van der Waals surface area contributed by atoms with Crippen LogP contribution in [0.1, 0.15) is 21.5 Å². The average molecular weight is 341 g/mol. The number of hydrogen-bond donors (Lipinski definition) is 1. The molecular formula is C20H24FN3O. The van der Waals surface area contributed by atoms with Gasteiger partial charge in [0.15, 0.2) is 0 Å². The number of halogens is 1. The molecule has 4 nitrogen and oxygen atoms in total. The van der Waals surface area contributed by atoms with Crippen molar-refractivity contribution in [2.45, 2.75) is 13.5 Å². The highest BCUT2D eigenvalue weighted by molar-refractivity contribution is 5.95. The van der Waals surface area contributed by atoms with E-state index in [2.05, 4.69) is 16.3 Å². The molecule has 1 aliphatic rings. The maximum atomic E-state index is 13.3. The summed E-state index contributed by atoms with van der Waals surface area (Å²) in [6, 6.07) is 12.4. The summed E-state index contributed by atoms with van der Waals surface area (Å²) in [5.74, 6) is -0.334. The van der Waals surface area contributed by atoms with Crippen LogP contribution in [-0.4, -0.2) is 44.0 Å². The van der Waals surface area contributed by atoms with Gasteiger partial charge in [0.25, 0.3) is 5.91 Å². The largest absolute Gasteiger partial charge is 0.369 e. The minimum absolute atomic E-state index is 0.0515. The Labute approximate surface area is 148 Å². The highest BCUT2D eigenvalue weighted by atomic mass is 19.1. The lowest BCUT2D eigenvalue weighted by Crippen LogP contribution is -2.43. The molecule has 25 heavy (non-hydrogen) atoms. The molecule has 2 aromatic carbocycles. The van der Waals surface area contributed by atoms with E-state index in [0.29, 0.717) is 12.1 Å². The lowest BCUT2D eigenvalue weighted by Gasteiger charge is -2.30. The third-order valence-electron chi connectivity index (χ3n) is 4.45. The van der Waals surface area contributed by atoms with Crippen molar-refractivity contribution < 1.29 is 9.18 Å². The second-order valence-electron chi connectivity index (χ2n) is 6.59. The fourth-order valence-electron chi connectivity index (χ4n) is 3.19. The normalized spacial score (nSPS) is 14.4. The first-order valence-electron chi connectivity index (χ1n) is 8.60. The molecule has 1 heterocycles. The summed E-state index contributed by atoms with van der Waals surface area (Å²) >= 11 is 0. The SMILES string of the molecule is Cc1cc(C(=O)N(C)Cc2cccc(F)c2)cc(N2CCNCC2)c1. The second kappa shape index (κ2) is 7.66. The number of aryl methyl sites for hydroxylation is 1. The Hall–Kier alpha value is -2.40. The molecule has 0 atom stereocenters. The Kier molecular flexibility index (Phi) is 5.34. The van der Waals surface area contributed by atoms with Crippen LogP contribution in [0.2, 0.25) is 0 Å². The number of nitrogens with zero attached hydrogens (tertiary/aromatic N) is 2. The zero-order valence-corrected chi connectivity index (χ0v) is 14.8. The second-order valence-corrected chi connectivity index (χ2v) is 6.59. The van der Waals surface area contributed by atoms with Gasteiger partial charge in [0.1, 0.15) is 5.82 Å². The molecule has 2 aromatic rings. The zero-order chi connectivity index (χ0) is 17.8. The smallest absolute Gasteiger partial charge is 0.253 e. The van der Waals surface area contributed by atoms with Gasteiger partial charge < -0.3 is 15.1 Å². The highest BCUT2D eigenvalue weighted by Crippen LogP contribution is 2.21. The van der Waals surface area contributed by atoms with Crippen molar-refractivity contribution in [3.8, 4) is 0 Å². The van der Waals surface area contributed by atoms with E-state index in [9.17, 15) is 9.18 Å². The summed E-state index contributed by atoms with van der Waals surface area (Å²) in [6.45, 7) is 6.18. The van der Waals surface area contributed by atoms with Gasteiger partial charge in [-0.25, -0.2) is 4.39 Å². The molecule has 0 spiro atoms. The number of carbonyl (C=O) groups excluding carboxylic acids is 1. The van der Waals surface area contributed by atoms with Crippen LogP contribution in [0.15, 0.2) is 42.5 Å². The van der Waals surface area contributed by atoms with E-state index < -0.39 is 0 Å². The molecule has 0 bridgehead atoms. The summed E-state index contributed by atoms with van der Waals surface area (Å²) < 4.78 is 13.3. The van der Waals surface area contributed by atoms with E-state index in [1.54, 1.807) is 18.0 Å². The molecule has 1 aliphatic heterocycles. The van der Waals surface area contributed by atoms with Gasteiger partial charge in [0, 0.05) is 51.0 Å². The summed E-state index contributed by atoms with van der Waals surface area (Å²) in [4.78, 5) is 16.8. The fourth-order valence-corrected chi connectivity index (χ4v) is 3.19. The topological polar surface area (TPSA) is 35.6 Å². The van der Waals surface area contributed by atoms with Crippen LogP contribution in [0, 0.1) is 12.7 Å². The van der Waals surface area contributed by atoms with E-state index in [0.717, 1.165) is 43.0 Å². The average Bonchev–Trinajstić information content (AvgIpc) is 2.61. The molecule has 1 amide bonds. The van der Waals surface area contributed by atoms with Crippen molar-refractivity contribution in [2.24, 2.45) is 0 Å². The Bertz CT molecular complexity index is 756. The number of carbonyl (C=O) groups is 1. The Morgan fingerprint density at radius 1 is 1.20 bits per heavy atom. The highest BCUT2D eigenvalue weighted by Gasteiger charge is 2.17. The van der Waals surface area contributed by atoms with Crippen molar-refractivity contribution in [3.05, 3.63) is 65.0 Å². The minimum atomic E-state index is -0.283. The quantitative estimate of drug-likeness (QED) is 0.929. The molecule has 5 heteroatoms. The molecule has 1 saturated heterocycles. The van der Waals surface area contributed by atoms with Gasteiger partial charge in [0.05, 0.1) is 0 Å². The van der Waals surface area contributed by atoms with Crippen molar-refractivity contribution >= 4 is 11.6 Å². The number of benzene rings is 2. The number of hydrogen-bond acceptors (Lipinski definition) is 3. The van der Waals surface area contributed by atoms with Gasteiger partial charge in [-0.15, -0.1) is 0 Å². The number of amides is 1. The third kappa shape index (κ3) is 4.37. The van der Waals surface area contributed by atoms with E-state index in [1.165, 1.54) is 12.1 Å². The molecule has 3 rings (SSSR count). The summed E-state index contributed by atoms with van der Waals surface area (Å²) in [6.07, 6.45) is 0. The summed E-state index contributed by atoms with van der Waals surface area (Å²) in [5, 5.41) is 3.34. The first-order valence-corrected chi connectivity index (χ1v) is 8.60. The predicted molar refractivity (Wildman–Crippen MR) is 98.5 cm³/mol. The predicted octanol–water partition coefficient (Wildman–Crippen LogP) is 2.82. The number of nitrogens with one attached hydrogen (secondary N) is 1. The molecule has 0 radical (unpaired) electrons. The number of rotatable bonds is 4. The number of piperazine rings is 1. The molecule has 0 aliphatic carbocycles. The van der Waals surface area contributed by atoms with Gasteiger partial charge in [-0.1, -0.05) is 12.1 Å². The fraction of sp³-hybridized carbons (Fsp3) is 0.350. The Morgan fingerprint density at radius 2 is 1.96 bits per heavy atom. The monoisotopic (exact) mass is 341 g/mol. The minimum Gasteiger partial charge on any atom is -0.369 e. The van der Waals surface area contributed by atoms with Crippen LogP contribution >= 0.6 is 0 Å². The van der Waals surface area contributed by atoms with Gasteiger partial charge >= 0.3 is 0 Å².